The van der Waals surface area contributed by atoms with Gasteiger partial charge in [-0.3, -0.25) is 4.79 Å². The van der Waals surface area contributed by atoms with Crippen molar-refractivity contribution in [3.8, 4) is 11.8 Å². The topological polar surface area (TPSA) is 59.3 Å². The molecule has 0 aliphatic heterocycles. The predicted molar refractivity (Wildman–Crippen MR) is 62.6 cm³/mol. The summed E-state index contributed by atoms with van der Waals surface area (Å²) in [6.07, 6.45) is 0.0800. The van der Waals surface area contributed by atoms with Gasteiger partial charge in [0.2, 0.25) is 0 Å². The lowest BCUT2D eigenvalue weighted by molar-refractivity contribution is -0.143. The van der Waals surface area contributed by atoms with Crippen LogP contribution in [0.1, 0.15) is 24.8 Å². The molecule has 0 saturated heterocycles. The summed E-state index contributed by atoms with van der Waals surface area (Å²) in [6.45, 7) is 2.08. The number of rotatable bonds is 5. The molecule has 1 aromatic rings. The van der Waals surface area contributed by atoms with E-state index in [1.54, 1.807) is 38.3 Å². The van der Waals surface area contributed by atoms with Gasteiger partial charge in [-0.25, -0.2) is 0 Å². The number of methoxy groups -OCH3 is 1. The monoisotopic (exact) mass is 233 g/mol. The summed E-state index contributed by atoms with van der Waals surface area (Å²) in [4.78, 5) is 11.3. The summed E-state index contributed by atoms with van der Waals surface area (Å²) in [5, 5.41) is 9.03. The average molecular weight is 233 g/mol. The van der Waals surface area contributed by atoms with Crippen LogP contribution >= 0.6 is 0 Å². The van der Waals surface area contributed by atoms with Gasteiger partial charge in [0.1, 0.15) is 5.75 Å². The Labute approximate surface area is 101 Å². The van der Waals surface area contributed by atoms with Gasteiger partial charge >= 0.3 is 5.97 Å². The molecule has 0 aliphatic rings. The Bertz CT molecular complexity index is 406. The number of hydrogen-bond acceptors (Lipinski definition) is 4. The van der Waals surface area contributed by atoms with Gasteiger partial charge in [0, 0.05) is 0 Å². The number of nitrogens with zero attached hydrogens (tertiary/aromatic N) is 1. The van der Waals surface area contributed by atoms with Crippen LogP contribution < -0.4 is 4.74 Å². The van der Waals surface area contributed by atoms with Crippen LogP contribution in [-0.4, -0.2) is 19.7 Å². The summed E-state index contributed by atoms with van der Waals surface area (Å²) in [5.74, 6) is -0.101. The highest BCUT2D eigenvalue weighted by Crippen LogP contribution is 2.22. The van der Waals surface area contributed by atoms with Crippen LogP contribution in [0.25, 0.3) is 0 Å². The minimum atomic E-state index is -0.472. The van der Waals surface area contributed by atoms with Crippen molar-refractivity contribution in [1.82, 2.24) is 0 Å². The molecule has 0 spiro atoms. The lowest BCUT2D eigenvalue weighted by atomic mass is 9.97. The highest BCUT2D eigenvalue weighted by atomic mass is 16.5. The lowest BCUT2D eigenvalue weighted by Crippen LogP contribution is -2.09. The van der Waals surface area contributed by atoms with Gasteiger partial charge in [0.15, 0.2) is 0 Å². The number of ether oxygens (including phenoxy) is 2. The number of hydrogen-bond donors (Lipinski definition) is 0. The van der Waals surface area contributed by atoms with Gasteiger partial charge in [-0.1, -0.05) is 12.1 Å². The van der Waals surface area contributed by atoms with Gasteiger partial charge in [0.25, 0.3) is 0 Å². The fourth-order valence-electron chi connectivity index (χ4n) is 1.46. The Hall–Kier alpha value is -2.02. The van der Waals surface area contributed by atoms with Crippen LogP contribution in [0.2, 0.25) is 0 Å². The van der Waals surface area contributed by atoms with E-state index in [9.17, 15) is 4.79 Å². The van der Waals surface area contributed by atoms with E-state index < -0.39 is 5.92 Å². The SMILES string of the molecule is CCOC(=O)C[C@@H](C#N)c1ccc(OC)cc1. The Morgan fingerprint density at radius 2 is 2.06 bits per heavy atom. The Morgan fingerprint density at radius 3 is 2.53 bits per heavy atom. The normalized spacial score (nSPS) is 11.4. The second kappa shape index (κ2) is 6.54. The fourth-order valence-corrected chi connectivity index (χ4v) is 1.46. The van der Waals surface area contributed by atoms with Crippen LogP contribution in [-0.2, 0) is 9.53 Å². The van der Waals surface area contributed by atoms with Gasteiger partial charge in [0.05, 0.1) is 32.1 Å². The summed E-state index contributed by atoms with van der Waals surface area (Å²) < 4.78 is 9.85. The number of esters is 1. The molecule has 0 amide bonds. The second-order valence-corrected chi connectivity index (χ2v) is 3.46. The Balaban J connectivity index is 2.73. The van der Waals surface area contributed by atoms with Crippen LogP contribution in [0, 0.1) is 11.3 Å². The van der Waals surface area contributed by atoms with Crippen LogP contribution in [0.5, 0.6) is 5.75 Å². The van der Waals surface area contributed by atoms with Crippen molar-refractivity contribution in [3.05, 3.63) is 29.8 Å². The minimum absolute atomic E-state index is 0.0800. The first-order valence-corrected chi connectivity index (χ1v) is 5.40. The molecular weight excluding hydrogens is 218 g/mol. The highest BCUT2D eigenvalue weighted by Gasteiger charge is 2.16. The lowest BCUT2D eigenvalue weighted by Gasteiger charge is -2.09. The van der Waals surface area contributed by atoms with Gasteiger partial charge in [-0.15, -0.1) is 0 Å². The number of nitriles is 1. The van der Waals surface area contributed by atoms with Crippen molar-refractivity contribution >= 4 is 5.97 Å². The number of carbonyl (C=O) groups excluding carboxylic acids is 1. The molecule has 0 heterocycles. The third-order valence-corrected chi connectivity index (χ3v) is 2.35. The first-order valence-electron chi connectivity index (χ1n) is 5.40. The third kappa shape index (κ3) is 3.80. The molecule has 1 rings (SSSR count). The molecule has 0 radical (unpaired) electrons. The molecule has 0 unspecified atom stereocenters. The summed E-state index contributed by atoms with van der Waals surface area (Å²) in [7, 11) is 1.58. The zero-order valence-corrected chi connectivity index (χ0v) is 9.97. The molecule has 0 fully saturated rings. The van der Waals surface area contributed by atoms with Crippen LogP contribution in [0.4, 0.5) is 0 Å². The molecule has 0 saturated carbocycles. The second-order valence-electron chi connectivity index (χ2n) is 3.46. The zero-order chi connectivity index (χ0) is 12.7. The standard InChI is InChI=1S/C13H15NO3/c1-3-17-13(15)8-11(9-14)10-4-6-12(16-2)7-5-10/h4-7,11H,3,8H2,1-2H3/t11-/m0/s1. The molecule has 0 N–H and O–H groups in total. The van der Waals surface area contributed by atoms with Crippen molar-refractivity contribution in [2.75, 3.05) is 13.7 Å². The van der Waals surface area contributed by atoms with E-state index in [2.05, 4.69) is 6.07 Å². The molecule has 4 heteroatoms. The maximum absolute atomic E-state index is 11.3. The molecule has 0 aliphatic carbocycles. The van der Waals surface area contributed by atoms with Gasteiger partial charge in [-0.2, -0.15) is 5.26 Å². The molecule has 90 valence electrons. The maximum Gasteiger partial charge on any atom is 0.307 e. The van der Waals surface area contributed by atoms with Crippen molar-refractivity contribution in [2.45, 2.75) is 19.3 Å². The van der Waals surface area contributed by atoms with E-state index in [1.165, 1.54) is 0 Å². The van der Waals surface area contributed by atoms with Gasteiger partial charge < -0.3 is 9.47 Å². The largest absolute Gasteiger partial charge is 0.497 e. The zero-order valence-electron chi connectivity index (χ0n) is 9.97. The first-order chi connectivity index (χ1) is 8.21. The molecule has 0 aromatic heterocycles. The fraction of sp³-hybridized carbons (Fsp3) is 0.385. The van der Waals surface area contributed by atoms with E-state index in [0.717, 1.165) is 11.3 Å². The molecule has 17 heavy (non-hydrogen) atoms. The minimum Gasteiger partial charge on any atom is -0.497 e. The van der Waals surface area contributed by atoms with E-state index in [4.69, 9.17) is 14.7 Å². The summed E-state index contributed by atoms with van der Waals surface area (Å²) in [6, 6.07) is 9.21. The van der Waals surface area contributed by atoms with Crippen LogP contribution in [0.3, 0.4) is 0 Å². The van der Waals surface area contributed by atoms with Crippen molar-refractivity contribution in [1.29, 1.82) is 5.26 Å². The molecule has 1 atom stereocenters. The Morgan fingerprint density at radius 1 is 1.41 bits per heavy atom. The smallest absolute Gasteiger partial charge is 0.307 e. The van der Waals surface area contributed by atoms with Crippen molar-refractivity contribution in [3.63, 3.8) is 0 Å². The Kier molecular flexibility index (Phi) is 5.02. The van der Waals surface area contributed by atoms with E-state index in [0.29, 0.717) is 6.61 Å². The van der Waals surface area contributed by atoms with Crippen LogP contribution in [0.15, 0.2) is 24.3 Å². The summed E-state index contributed by atoms with van der Waals surface area (Å²) in [5.41, 5.74) is 0.793. The van der Waals surface area contributed by atoms with Crippen molar-refractivity contribution in [2.24, 2.45) is 0 Å². The predicted octanol–water partition coefficient (Wildman–Crippen LogP) is 2.26. The van der Waals surface area contributed by atoms with E-state index in [-0.39, 0.29) is 12.4 Å². The van der Waals surface area contributed by atoms with Crippen molar-refractivity contribution < 1.29 is 14.3 Å². The molecule has 1 aromatic carbocycles. The molecular formula is C13H15NO3. The molecule has 0 bridgehead atoms. The third-order valence-electron chi connectivity index (χ3n) is 2.35. The summed E-state index contributed by atoms with van der Waals surface area (Å²) >= 11 is 0. The van der Waals surface area contributed by atoms with Gasteiger partial charge in [-0.05, 0) is 24.6 Å². The number of benzene rings is 1. The van der Waals surface area contributed by atoms with E-state index in [1.807, 2.05) is 0 Å². The maximum atomic E-state index is 11.3. The van der Waals surface area contributed by atoms with E-state index >= 15 is 0 Å². The number of carbonyl (C=O) groups is 1. The first kappa shape index (κ1) is 13.0. The molecule has 4 nitrogen and oxygen atoms in total. The highest BCUT2D eigenvalue weighted by molar-refractivity contribution is 5.71. The average Bonchev–Trinajstić information content (AvgIpc) is 2.36. The quantitative estimate of drug-likeness (QED) is 0.732.